The molecule has 0 saturated carbocycles. The first-order valence-corrected chi connectivity index (χ1v) is 7.92. The number of hydrogen-bond donors (Lipinski definition) is 1. The van der Waals surface area contributed by atoms with Crippen LogP contribution in [-0.4, -0.2) is 12.5 Å². The first-order valence-electron chi connectivity index (χ1n) is 7.13. The minimum atomic E-state index is 0.0190. The largest absolute Gasteiger partial charge is 0.352 e. The second-order valence-electron chi connectivity index (χ2n) is 5.06. The van der Waals surface area contributed by atoms with Crippen LogP contribution in [0.5, 0.6) is 0 Å². The van der Waals surface area contributed by atoms with Gasteiger partial charge in [0.2, 0.25) is 0 Å². The molecule has 1 aromatic rings. The van der Waals surface area contributed by atoms with Crippen molar-refractivity contribution in [1.82, 2.24) is 5.32 Å². The molecule has 1 aromatic carbocycles. The monoisotopic (exact) mass is 325 g/mol. The topological polar surface area (TPSA) is 29.1 Å². The Kier molecular flexibility index (Phi) is 7.14. The SMILES string of the molecule is CCCCC(CC)CNC(=O)c1cccc(C)c1Br. The third kappa shape index (κ3) is 4.98. The molecule has 1 atom stereocenters. The maximum atomic E-state index is 12.2. The highest BCUT2D eigenvalue weighted by molar-refractivity contribution is 9.10. The Bertz CT molecular complexity index is 417. The number of carbonyl (C=O) groups excluding carboxylic acids is 1. The predicted molar refractivity (Wildman–Crippen MR) is 84.5 cm³/mol. The summed E-state index contributed by atoms with van der Waals surface area (Å²) < 4.78 is 0.897. The molecule has 0 spiro atoms. The van der Waals surface area contributed by atoms with E-state index in [0.717, 1.165) is 28.6 Å². The van der Waals surface area contributed by atoms with Gasteiger partial charge in [0.25, 0.3) is 5.91 Å². The van der Waals surface area contributed by atoms with Gasteiger partial charge in [0.05, 0.1) is 5.56 Å². The number of aryl methyl sites for hydroxylation is 1. The van der Waals surface area contributed by atoms with Crippen LogP contribution in [-0.2, 0) is 0 Å². The van der Waals surface area contributed by atoms with Crippen LogP contribution in [0.25, 0.3) is 0 Å². The summed E-state index contributed by atoms with van der Waals surface area (Å²) >= 11 is 3.49. The molecule has 0 aromatic heterocycles. The van der Waals surface area contributed by atoms with E-state index in [-0.39, 0.29) is 5.91 Å². The van der Waals surface area contributed by atoms with Gasteiger partial charge in [0, 0.05) is 11.0 Å². The molecular formula is C16H24BrNO. The van der Waals surface area contributed by atoms with Crippen LogP contribution < -0.4 is 5.32 Å². The summed E-state index contributed by atoms with van der Waals surface area (Å²) in [5, 5.41) is 3.06. The van der Waals surface area contributed by atoms with Crippen LogP contribution in [0, 0.1) is 12.8 Å². The lowest BCUT2D eigenvalue weighted by atomic mass is 9.99. The molecular weight excluding hydrogens is 302 g/mol. The minimum absolute atomic E-state index is 0.0190. The Morgan fingerprint density at radius 3 is 2.74 bits per heavy atom. The van der Waals surface area contributed by atoms with Gasteiger partial charge < -0.3 is 5.32 Å². The van der Waals surface area contributed by atoms with Crippen LogP contribution in [0.2, 0.25) is 0 Å². The van der Waals surface area contributed by atoms with Gasteiger partial charge in [-0.3, -0.25) is 4.79 Å². The molecule has 1 unspecified atom stereocenters. The van der Waals surface area contributed by atoms with Crippen molar-refractivity contribution < 1.29 is 4.79 Å². The quantitative estimate of drug-likeness (QED) is 0.773. The summed E-state index contributed by atoms with van der Waals surface area (Å²) in [6, 6.07) is 5.78. The van der Waals surface area contributed by atoms with E-state index < -0.39 is 0 Å². The number of rotatable bonds is 7. The Labute approximate surface area is 125 Å². The lowest BCUT2D eigenvalue weighted by Crippen LogP contribution is -2.29. The molecule has 1 N–H and O–H groups in total. The molecule has 0 heterocycles. The molecule has 0 fully saturated rings. The van der Waals surface area contributed by atoms with Crippen molar-refractivity contribution in [3.05, 3.63) is 33.8 Å². The van der Waals surface area contributed by atoms with Crippen LogP contribution in [0.1, 0.15) is 55.5 Å². The second kappa shape index (κ2) is 8.36. The highest BCUT2D eigenvalue weighted by Gasteiger charge is 2.13. The third-order valence-corrected chi connectivity index (χ3v) is 4.58. The fraction of sp³-hybridized carbons (Fsp3) is 0.562. The van der Waals surface area contributed by atoms with Gasteiger partial charge in [-0.25, -0.2) is 0 Å². The number of halogens is 1. The van der Waals surface area contributed by atoms with E-state index in [0.29, 0.717) is 5.92 Å². The molecule has 1 amide bonds. The predicted octanol–water partition coefficient (Wildman–Crippen LogP) is 4.70. The van der Waals surface area contributed by atoms with E-state index in [9.17, 15) is 4.79 Å². The highest BCUT2D eigenvalue weighted by Crippen LogP contribution is 2.21. The van der Waals surface area contributed by atoms with Gasteiger partial charge in [-0.1, -0.05) is 45.2 Å². The highest BCUT2D eigenvalue weighted by atomic mass is 79.9. The van der Waals surface area contributed by atoms with Crippen molar-refractivity contribution in [2.45, 2.75) is 46.5 Å². The molecule has 0 radical (unpaired) electrons. The number of nitrogens with one attached hydrogen (secondary N) is 1. The van der Waals surface area contributed by atoms with Crippen molar-refractivity contribution in [1.29, 1.82) is 0 Å². The Morgan fingerprint density at radius 2 is 2.11 bits per heavy atom. The van der Waals surface area contributed by atoms with Crippen LogP contribution in [0.15, 0.2) is 22.7 Å². The normalized spacial score (nSPS) is 12.2. The Morgan fingerprint density at radius 1 is 1.37 bits per heavy atom. The van der Waals surface area contributed by atoms with E-state index in [1.807, 2.05) is 25.1 Å². The summed E-state index contributed by atoms with van der Waals surface area (Å²) in [7, 11) is 0. The van der Waals surface area contributed by atoms with Gasteiger partial charge in [0.1, 0.15) is 0 Å². The fourth-order valence-corrected chi connectivity index (χ4v) is 2.54. The molecule has 0 bridgehead atoms. The van der Waals surface area contributed by atoms with E-state index in [4.69, 9.17) is 0 Å². The van der Waals surface area contributed by atoms with Gasteiger partial charge in [-0.15, -0.1) is 0 Å². The molecule has 19 heavy (non-hydrogen) atoms. The molecule has 0 aliphatic carbocycles. The van der Waals surface area contributed by atoms with Gasteiger partial charge in [-0.05, 0) is 46.8 Å². The zero-order valence-corrected chi connectivity index (χ0v) is 13.7. The average molecular weight is 326 g/mol. The Balaban J connectivity index is 2.57. The van der Waals surface area contributed by atoms with Gasteiger partial charge >= 0.3 is 0 Å². The zero-order valence-electron chi connectivity index (χ0n) is 12.1. The standard InChI is InChI=1S/C16H24BrNO/c1-4-6-9-13(5-2)11-18-16(19)14-10-7-8-12(3)15(14)17/h7-8,10,13H,4-6,9,11H2,1-3H3,(H,18,19). The third-order valence-electron chi connectivity index (χ3n) is 3.53. The maximum Gasteiger partial charge on any atom is 0.252 e. The summed E-state index contributed by atoms with van der Waals surface area (Å²) in [5.74, 6) is 0.609. The number of carbonyl (C=O) groups is 1. The number of hydrogen-bond acceptors (Lipinski definition) is 1. The molecule has 106 valence electrons. The Hall–Kier alpha value is -0.830. The van der Waals surface area contributed by atoms with Crippen molar-refractivity contribution >= 4 is 21.8 Å². The van der Waals surface area contributed by atoms with Gasteiger partial charge in [0.15, 0.2) is 0 Å². The zero-order chi connectivity index (χ0) is 14.3. The molecule has 2 nitrogen and oxygen atoms in total. The number of benzene rings is 1. The smallest absolute Gasteiger partial charge is 0.252 e. The maximum absolute atomic E-state index is 12.2. The average Bonchev–Trinajstić information content (AvgIpc) is 2.42. The van der Waals surface area contributed by atoms with Crippen molar-refractivity contribution in [2.75, 3.05) is 6.54 Å². The fourth-order valence-electron chi connectivity index (χ4n) is 2.10. The van der Waals surface area contributed by atoms with Crippen LogP contribution >= 0.6 is 15.9 Å². The molecule has 1 rings (SSSR count). The lowest BCUT2D eigenvalue weighted by Gasteiger charge is -2.16. The van der Waals surface area contributed by atoms with Crippen LogP contribution in [0.3, 0.4) is 0 Å². The van der Waals surface area contributed by atoms with Crippen molar-refractivity contribution in [3.8, 4) is 0 Å². The summed E-state index contributed by atoms with van der Waals surface area (Å²) in [4.78, 5) is 12.2. The first-order chi connectivity index (χ1) is 9.10. The molecule has 3 heteroatoms. The first kappa shape index (κ1) is 16.2. The lowest BCUT2D eigenvalue weighted by molar-refractivity contribution is 0.0945. The summed E-state index contributed by atoms with van der Waals surface area (Å²) in [6.07, 6.45) is 4.77. The van der Waals surface area contributed by atoms with Crippen molar-refractivity contribution in [3.63, 3.8) is 0 Å². The summed E-state index contributed by atoms with van der Waals surface area (Å²) in [5.41, 5.74) is 1.82. The van der Waals surface area contributed by atoms with Crippen molar-refractivity contribution in [2.24, 2.45) is 5.92 Å². The second-order valence-corrected chi connectivity index (χ2v) is 5.86. The van der Waals surface area contributed by atoms with Crippen LogP contribution in [0.4, 0.5) is 0 Å². The summed E-state index contributed by atoms with van der Waals surface area (Å²) in [6.45, 7) is 7.16. The number of amides is 1. The molecule has 0 saturated heterocycles. The van der Waals surface area contributed by atoms with Gasteiger partial charge in [-0.2, -0.15) is 0 Å². The van der Waals surface area contributed by atoms with E-state index in [2.05, 4.69) is 35.1 Å². The van der Waals surface area contributed by atoms with E-state index in [1.54, 1.807) is 0 Å². The van der Waals surface area contributed by atoms with E-state index >= 15 is 0 Å². The number of unbranched alkanes of at least 4 members (excludes halogenated alkanes) is 1. The van der Waals surface area contributed by atoms with E-state index in [1.165, 1.54) is 19.3 Å². The molecule has 0 aliphatic rings. The molecule has 0 aliphatic heterocycles. The minimum Gasteiger partial charge on any atom is -0.352 e.